The number of aliphatic hydroxyl groups excluding tert-OH is 1. The van der Waals surface area contributed by atoms with Gasteiger partial charge in [0.05, 0.1) is 18.8 Å². The van der Waals surface area contributed by atoms with Crippen LogP contribution in [0.15, 0.2) is 42.7 Å². The van der Waals surface area contributed by atoms with Crippen LogP contribution in [0.4, 0.5) is 0 Å². The number of nitrogens with zero attached hydrogens (tertiary/aromatic N) is 2. The van der Waals surface area contributed by atoms with Crippen molar-refractivity contribution in [2.45, 2.75) is 26.5 Å². The Kier molecular flexibility index (Phi) is 3.59. The lowest BCUT2D eigenvalue weighted by atomic mass is 10.0. The van der Waals surface area contributed by atoms with E-state index in [9.17, 15) is 5.11 Å². The highest BCUT2D eigenvalue weighted by Crippen LogP contribution is 2.20. The van der Waals surface area contributed by atoms with Crippen molar-refractivity contribution in [1.82, 2.24) is 9.78 Å². The molecule has 0 saturated carbocycles. The van der Waals surface area contributed by atoms with Gasteiger partial charge < -0.3 is 5.11 Å². The molecule has 1 N–H and O–H groups in total. The number of hydrogen-bond donors (Lipinski definition) is 1. The smallest absolute Gasteiger partial charge is 0.0843 e. The lowest BCUT2D eigenvalue weighted by molar-refractivity contribution is 0.127. The number of hydrogen-bond acceptors (Lipinski definition) is 2. The molecular formula is C14H18N2O. The summed E-state index contributed by atoms with van der Waals surface area (Å²) in [6, 6.07) is 10.2. The SMILES string of the molecule is CC(C)[C@H](O)c1cnn(Cc2ccccc2)c1. The highest BCUT2D eigenvalue weighted by molar-refractivity contribution is 5.16. The first-order valence-corrected chi connectivity index (χ1v) is 5.91. The standard InChI is InChI=1S/C14H18N2O/c1-11(2)14(17)13-8-15-16(10-13)9-12-6-4-3-5-7-12/h3-8,10-11,14,17H,9H2,1-2H3/t14-/m0/s1. The number of rotatable bonds is 4. The van der Waals surface area contributed by atoms with Crippen LogP contribution in [0.25, 0.3) is 0 Å². The maximum atomic E-state index is 9.92. The largest absolute Gasteiger partial charge is 0.388 e. The minimum absolute atomic E-state index is 0.212. The van der Waals surface area contributed by atoms with Crippen molar-refractivity contribution in [3.8, 4) is 0 Å². The molecule has 0 amide bonds. The Labute approximate surface area is 102 Å². The molecule has 0 aliphatic carbocycles. The van der Waals surface area contributed by atoms with Crippen molar-refractivity contribution in [3.05, 3.63) is 53.9 Å². The van der Waals surface area contributed by atoms with E-state index in [-0.39, 0.29) is 5.92 Å². The summed E-state index contributed by atoms with van der Waals surface area (Å²) in [5.74, 6) is 0.212. The van der Waals surface area contributed by atoms with Gasteiger partial charge in [0.2, 0.25) is 0 Å². The molecule has 1 aromatic heterocycles. The summed E-state index contributed by atoms with van der Waals surface area (Å²) in [4.78, 5) is 0. The average molecular weight is 230 g/mol. The van der Waals surface area contributed by atoms with Gasteiger partial charge in [0, 0.05) is 11.8 Å². The van der Waals surface area contributed by atoms with Crippen LogP contribution >= 0.6 is 0 Å². The van der Waals surface area contributed by atoms with Gasteiger partial charge in [-0.2, -0.15) is 5.10 Å². The second-order valence-electron chi connectivity index (χ2n) is 4.65. The van der Waals surface area contributed by atoms with Crippen molar-refractivity contribution in [3.63, 3.8) is 0 Å². The van der Waals surface area contributed by atoms with E-state index in [2.05, 4.69) is 17.2 Å². The van der Waals surface area contributed by atoms with E-state index >= 15 is 0 Å². The molecule has 3 heteroatoms. The Morgan fingerprint density at radius 3 is 2.59 bits per heavy atom. The van der Waals surface area contributed by atoms with E-state index in [0.29, 0.717) is 0 Å². The summed E-state index contributed by atoms with van der Waals surface area (Å²) >= 11 is 0. The first-order chi connectivity index (χ1) is 8.16. The van der Waals surface area contributed by atoms with Gasteiger partial charge in [-0.3, -0.25) is 4.68 Å². The molecule has 2 aromatic rings. The number of aromatic nitrogens is 2. The van der Waals surface area contributed by atoms with Crippen molar-refractivity contribution < 1.29 is 5.11 Å². The van der Waals surface area contributed by atoms with Crippen LogP contribution in [-0.4, -0.2) is 14.9 Å². The van der Waals surface area contributed by atoms with Gasteiger partial charge >= 0.3 is 0 Å². The summed E-state index contributed by atoms with van der Waals surface area (Å²) < 4.78 is 1.86. The van der Waals surface area contributed by atoms with Crippen molar-refractivity contribution >= 4 is 0 Å². The van der Waals surface area contributed by atoms with Crippen LogP contribution in [0.5, 0.6) is 0 Å². The zero-order valence-electron chi connectivity index (χ0n) is 10.2. The van der Waals surface area contributed by atoms with Crippen molar-refractivity contribution in [2.24, 2.45) is 5.92 Å². The third-order valence-corrected chi connectivity index (χ3v) is 2.81. The first kappa shape index (κ1) is 11.9. The molecule has 0 spiro atoms. The van der Waals surface area contributed by atoms with Gasteiger partial charge in [-0.1, -0.05) is 44.2 Å². The van der Waals surface area contributed by atoms with Crippen LogP contribution in [-0.2, 0) is 6.54 Å². The Hall–Kier alpha value is -1.61. The van der Waals surface area contributed by atoms with Gasteiger partial charge in [-0.15, -0.1) is 0 Å². The molecule has 0 aliphatic rings. The van der Waals surface area contributed by atoms with Crippen LogP contribution < -0.4 is 0 Å². The maximum Gasteiger partial charge on any atom is 0.0843 e. The summed E-state index contributed by atoms with van der Waals surface area (Å²) in [7, 11) is 0. The Balaban J connectivity index is 2.09. The molecule has 3 nitrogen and oxygen atoms in total. The fourth-order valence-corrected chi connectivity index (χ4v) is 1.77. The second-order valence-corrected chi connectivity index (χ2v) is 4.65. The van der Waals surface area contributed by atoms with E-state index in [4.69, 9.17) is 0 Å². The highest BCUT2D eigenvalue weighted by atomic mass is 16.3. The van der Waals surface area contributed by atoms with Gasteiger partial charge in [0.25, 0.3) is 0 Å². The van der Waals surface area contributed by atoms with E-state index in [0.717, 1.165) is 12.1 Å². The third-order valence-electron chi connectivity index (χ3n) is 2.81. The van der Waals surface area contributed by atoms with Gasteiger partial charge in [0.1, 0.15) is 0 Å². The average Bonchev–Trinajstić information content (AvgIpc) is 2.77. The predicted molar refractivity (Wildman–Crippen MR) is 67.6 cm³/mol. The molecule has 2 rings (SSSR count). The molecule has 1 heterocycles. The normalized spacial score (nSPS) is 12.9. The molecule has 0 saturated heterocycles. The number of benzene rings is 1. The Morgan fingerprint density at radius 1 is 1.24 bits per heavy atom. The molecule has 17 heavy (non-hydrogen) atoms. The van der Waals surface area contributed by atoms with E-state index in [1.807, 2.05) is 42.9 Å². The summed E-state index contributed by atoms with van der Waals surface area (Å²) in [5.41, 5.74) is 2.09. The van der Waals surface area contributed by atoms with Crippen LogP contribution in [0, 0.1) is 5.92 Å². The maximum absolute atomic E-state index is 9.92. The zero-order chi connectivity index (χ0) is 12.3. The summed E-state index contributed by atoms with van der Waals surface area (Å²) in [5, 5.41) is 14.2. The zero-order valence-corrected chi connectivity index (χ0v) is 10.2. The van der Waals surface area contributed by atoms with E-state index in [1.54, 1.807) is 6.20 Å². The Morgan fingerprint density at radius 2 is 1.94 bits per heavy atom. The van der Waals surface area contributed by atoms with Gasteiger partial charge in [-0.05, 0) is 11.5 Å². The molecular weight excluding hydrogens is 212 g/mol. The topological polar surface area (TPSA) is 38.1 Å². The van der Waals surface area contributed by atoms with Gasteiger partial charge in [-0.25, -0.2) is 0 Å². The fraction of sp³-hybridized carbons (Fsp3) is 0.357. The fourth-order valence-electron chi connectivity index (χ4n) is 1.77. The summed E-state index contributed by atoms with van der Waals surface area (Å²) in [6.07, 6.45) is 3.23. The summed E-state index contributed by atoms with van der Waals surface area (Å²) in [6.45, 7) is 4.74. The van der Waals surface area contributed by atoms with Crippen LogP contribution in [0.1, 0.15) is 31.1 Å². The molecule has 1 atom stereocenters. The molecule has 1 aromatic carbocycles. The van der Waals surface area contributed by atoms with Crippen LogP contribution in [0.3, 0.4) is 0 Å². The Bertz CT molecular complexity index is 462. The molecule has 0 unspecified atom stereocenters. The van der Waals surface area contributed by atoms with Crippen LogP contribution in [0.2, 0.25) is 0 Å². The molecule has 0 bridgehead atoms. The monoisotopic (exact) mass is 230 g/mol. The lowest BCUT2D eigenvalue weighted by Crippen LogP contribution is -2.04. The third kappa shape index (κ3) is 2.94. The molecule has 0 aliphatic heterocycles. The highest BCUT2D eigenvalue weighted by Gasteiger charge is 2.13. The van der Waals surface area contributed by atoms with Crippen molar-refractivity contribution in [1.29, 1.82) is 0 Å². The quantitative estimate of drug-likeness (QED) is 0.876. The number of aliphatic hydroxyl groups is 1. The van der Waals surface area contributed by atoms with E-state index < -0.39 is 6.10 Å². The van der Waals surface area contributed by atoms with Crippen molar-refractivity contribution in [2.75, 3.05) is 0 Å². The minimum atomic E-state index is -0.431. The minimum Gasteiger partial charge on any atom is -0.388 e. The first-order valence-electron chi connectivity index (χ1n) is 5.91. The molecule has 90 valence electrons. The lowest BCUT2D eigenvalue weighted by Gasteiger charge is -2.11. The second kappa shape index (κ2) is 5.15. The van der Waals surface area contributed by atoms with E-state index in [1.165, 1.54) is 5.56 Å². The molecule has 0 radical (unpaired) electrons. The predicted octanol–water partition coefficient (Wildman–Crippen LogP) is 2.62. The van der Waals surface area contributed by atoms with Gasteiger partial charge in [0.15, 0.2) is 0 Å². The molecule has 0 fully saturated rings.